The number of furan rings is 1. The van der Waals surface area contributed by atoms with Gasteiger partial charge in [-0.25, -0.2) is 4.98 Å². The Morgan fingerprint density at radius 1 is 1.53 bits per heavy atom. The smallest absolute Gasteiger partial charge is 0.200 e. The van der Waals surface area contributed by atoms with Crippen molar-refractivity contribution < 1.29 is 9.21 Å². The second kappa shape index (κ2) is 3.74. The number of pyridine rings is 1. The summed E-state index contributed by atoms with van der Waals surface area (Å²) in [5.74, 6) is -0.0955. The first-order valence-electron chi connectivity index (χ1n) is 4.16. The predicted octanol–water partition coefficient (Wildman–Crippen LogP) is 2.14. The van der Waals surface area contributed by atoms with Gasteiger partial charge in [-0.1, -0.05) is 11.6 Å². The van der Waals surface area contributed by atoms with Crippen LogP contribution in [0.5, 0.6) is 0 Å². The number of aromatic nitrogens is 1. The maximum absolute atomic E-state index is 11.8. The maximum Gasteiger partial charge on any atom is 0.200 e. The summed E-state index contributed by atoms with van der Waals surface area (Å²) in [4.78, 5) is 15.6. The van der Waals surface area contributed by atoms with Crippen molar-refractivity contribution in [2.24, 2.45) is 0 Å². The van der Waals surface area contributed by atoms with Gasteiger partial charge in [0.2, 0.25) is 0 Å². The van der Waals surface area contributed by atoms with Crippen LogP contribution in [-0.2, 0) is 0 Å². The third-order valence-corrected chi connectivity index (χ3v) is 2.12. The van der Waals surface area contributed by atoms with Crippen LogP contribution in [0.3, 0.4) is 0 Å². The van der Waals surface area contributed by atoms with Crippen LogP contribution < -0.4 is 5.73 Å². The first kappa shape index (κ1) is 9.73. The average Bonchev–Trinajstić information content (AvgIpc) is 2.74. The minimum absolute atomic E-state index is 0.158. The molecule has 0 saturated heterocycles. The summed E-state index contributed by atoms with van der Waals surface area (Å²) in [6.45, 7) is 0. The summed E-state index contributed by atoms with van der Waals surface area (Å²) >= 11 is 5.73. The van der Waals surface area contributed by atoms with Crippen molar-refractivity contribution in [2.75, 3.05) is 5.73 Å². The van der Waals surface area contributed by atoms with Gasteiger partial charge in [-0.2, -0.15) is 0 Å². The van der Waals surface area contributed by atoms with Gasteiger partial charge in [0.25, 0.3) is 0 Å². The second-order valence-electron chi connectivity index (χ2n) is 2.93. The molecule has 76 valence electrons. The van der Waals surface area contributed by atoms with Gasteiger partial charge in [0.1, 0.15) is 12.1 Å². The molecule has 2 N–H and O–H groups in total. The van der Waals surface area contributed by atoms with Crippen LogP contribution >= 0.6 is 11.6 Å². The maximum atomic E-state index is 11.8. The number of rotatable bonds is 2. The zero-order valence-electron chi connectivity index (χ0n) is 7.61. The van der Waals surface area contributed by atoms with E-state index in [0.717, 1.165) is 0 Å². The lowest BCUT2D eigenvalue weighted by Crippen LogP contribution is -2.05. The SMILES string of the molecule is Nc1ncc(Cl)cc1C(=O)c1ccoc1. The summed E-state index contributed by atoms with van der Waals surface area (Å²) in [5, 5.41) is 0.371. The summed E-state index contributed by atoms with van der Waals surface area (Å²) in [6, 6.07) is 3.04. The molecule has 15 heavy (non-hydrogen) atoms. The molecule has 0 aromatic carbocycles. The van der Waals surface area contributed by atoms with Gasteiger partial charge in [-0.05, 0) is 12.1 Å². The van der Waals surface area contributed by atoms with Crippen LogP contribution in [0, 0.1) is 0 Å². The van der Waals surface area contributed by atoms with Crippen LogP contribution in [0.25, 0.3) is 0 Å². The fraction of sp³-hybridized carbons (Fsp3) is 0. The summed E-state index contributed by atoms with van der Waals surface area (Å²) < 4.78 is 4.81. The van der Waals surface area contributed by atoms with Crippen molar-refractivity contribution >= 4 is 23.2 Å². The molecule has 0 fully saturated rings. The molecular formula is C10H7ClN2O2. The predicted molar refractivity (Wildman–Crippen MR) is 55.8 cm³/mol. The lowest BCUT2D eigenvalue weighted by atomic mass is 10.1. The molecule has 0 radical (unpaired) electrons. The summed E-state index contributed by atoms with van der Waals surface area (Å²) in [6.07, 6.45) is 4.16. The Morgan fingerprint density at radius 3 is 3.00 bits per heavy atom. The molecule has 2 aromatic heterocycles. The lowest BCUT2D eigenvalue weighted by molar-refractivity contribution is 0.103. The number of carbonyl (C=O) groups is 1. The Labute approximate surface area is 90.7 Å². The van der Waals surface area contributed by atoms with E-state index >= 15 is 0 Å². The highest BCUT2D eigenvalue weighted by Gasteiger charge is 2.14. The topological polar surface area (TPSA) is 69.1 Å². The van der Waals surface area contributed by atoms with Crippen molar-refractivity contribution in [3.63, 3.8) is 0 Å². The van der Waals surface area contributed by atoms with Crippen LogP contribution in [0.15, 0.2) is 35.3 Å². The summed E-state index contributed by atoms with van der Waals surface area (Å²) in [7, 11) is 0. The molecule has 4 nitrogen and oxygen atoms in total. The van der Waals surface area contributed by atoms with E-state index in [-0.39, 0.29) is 17.2 Å². The Bertz CT molecular complexity index is 494. The van der Waals surface area contributed by atoms with Crippen molar-refractivity contribution in [2.45, 2.75) is 0 Å². The molecule has 2 heterocycles. The third kappa shape index (κ3) is 1.85. The molecule has 0 spiro atoms. The average molecular weight is 223 g/mol. The van der Waals surface area contributed by atoms with E-state index in [4.69, 9.17) is 21.8 Å². The number of nitrogen functional groups attached to an aromatic ring is 1. The van der Waals surface area contributed by atoms with Gasteiger partial charge in [0, 0.05) is 6.20 Å². The lowest BCUT2D eigenvalue weighted by Gasteiger charge is -2.01. The Hall–Kier alpha value is -1.81. The fourth-order valence-corrected chi connectivity index (χ4v) is 1.34. The molecule has 0 unspecified atom stereocenters. The number of ketones is 1. The number of hydrogen-bond acceptors (Lipinski definition) is 4. The number of nitrogens with zero attached hydrogens (tertiary/aromatic N) is 1. The van der Waals surface area contributed by atoms with Gasteiger partial charge in [-0.3, -0.25) is 4.79 Å². The van der Waals surface area contributed by atoms with Crippen LogP contribution in [0.2, 0.25) is 5.02 Å². The number of hydrogen-bond donors (Lipinski definition) is 1. The van der Waals surface area contributed by atoms with E-state index in [1.165, 1.54) is 24.8 Å². The molecule has 5 heteroatoms. The normalized spacial score (nSPS) is 10.2. The third-order valence-electron chi connectivity index (χ3n) is 1.91. The van der Waals surface area contributed by atoms with Crippen molar-refractivity contribution in [1.29, 1.82) is 0 Å². The molecular weight excluding hydrogens is 216 g/mol. The molecule has 2 aromatic rings. The highest BCUT2D eigenvalue weighted by molar-refractivity contribution is 6.31. The zero-order chi connectivity index (χ0) is 10.8. The van der Waals surface area contributed by atoms with Crippen LogP contribution in [0.4, 0.5) is 5.82 Å². The first-order valence-corrected chi connectivity index (χ1v) is 4.54. The molecule has 0 atom stereocenters. The molecule has 0 aliphatic carbocycles. The Morgan fingerprint density at radius 2 is 2.33 bits per heavy atom. The fourth-order valence-electron chi connectivity index (χ4n) is 1.18. The van der Waals surface area contributed by atoms with Gasteiger partial charge >= 0.3 is 0 Å². The number of halogens is 1. The van der Waals surface area contributed by atoms with Gasteiger partial charge in [0.15, 0.2) is 5.78 Å². The minimum atomic E-state index is -0.253. The number of anilines is 1. The molecule has 0 aliphatic rings. The van der Waals surface area contributed by atoms with Crippen LogP contribution in [-0.4, -0.2) is 10.8 Å². The molecule has 0 bridgehead atoms. The number of nitrogens with two attached hydrogens (primary N) is 1. The van der Waals surface area contributed by atoms with E-state index in [1.807, 2.05) is 0 Å². The molecule has 0 amide bonds. The number of carbonyl (C=O) groups excluding carboxylic acids is 1. The van der Waals surface area contributed by atoms with Gasteiger partial charge in [0.05, 0.1) is 22.4 Å². The van der Waals surface area contributed by atoms with Crippen molar-refractivity contribution in [3.8, 4) is 0 Å². The first-order chi connectivity index (χ1) is 7.18. The second-order valence-corrected chi connectivity index (χ2v) is 3.36. The molecule has 2 rings (SSSR count). The van der Waals surface area contributed by atoms with E-state index in [9.17, 15) is 4.79 Å². The largest absolute Gasteiger partial charge is 0.472 e. The summed E-state index contributed by atoms with van der Waals surface area (Å²) in [5.41, 5.74) is 6.28. The van der Waals surface area contributed by atoms with E-state index < -0.39 is 0 Å². The van der Waals surface area contributed by atoms with Gasteiger partial charge in [-0.15, -0.1) is 0 Å². The monoisotopic (exact) mass is 222 g/mol. The Balaban J connectivity index is 2.46. The van der Waals surface area contributed by atoms with Crippen molar-refractivity contribution in [1.82, 2.24) is 4.98 Å². The minimum Gasteiger partial charge on any atom is -0.472 e. The van der Waals surface area contributed by atoms with E-state index in [1.54, 1.807) is 6.07 Å². The highest BCUT2D eigenvalue weighted by Crippen LogP contribution is 2.18. The van der Waals surface area contributed by atoms with Crippen molar-refractivity contribution in [3.05, 3.63) is 47.0 Å². The highest BCUT2D eigenvalue weighted by atomic mass is 35.5. The molecule has 0 saturated carbocycles. The quantitative estimate of drug-likeness (QED) is 0.791. The van der Waals surface area contributed by atoms with Gasteiger partial charge < -0.3 is 10.2 Å². The zero-order valence-corrected chi connectivity index (χ0v) is 8.36. The van der Waals surface area contributed by atoms with Crippen LogP contribution in [0.1, 0.15) is 15.9 Å². The Kier molecular flexibility index (Phi) is 2.43. The molecule has 0 aliphatic heterocycles. The van der Waals surface area contributed by atoms with E-state index in [0.29, 0.717) is 10.6 Å². The van der Waals surface area contributed by atoms with E-state index in [2.05, 4.69) is 4.98 Å². The standard InChI is InChI=1S/C10H7ClN2O2/c11-7-3-8(10(12)13-4-7)9(14)6-1-2-15-5-6/h1-5H,(H2,12,13).